The first-order valence-electron chi connectivity index (χ1n) is 5.82. The van der Waals surface area contributed by atoms with Crippen LogP contribution in [0.3, 0.4) is 0 Å². The number of rotatable bonds is 3. The fraction of sp³-hybridized carbons (Fsp3) is 0.143. The molecule has 0 bridgehead atoms. The monoisotopic (exact) mass is 242 g/mol. The number of hydrogen-bond acceptors (Lipinski definition) is 2. The van der Waals surface area contributed by atoms with Crippen molar-refractivity contribution in [3.63, 3.8) is 0 Å². The van der Waals surface area contributed by atoms with Gasteiger partial charge in [0.15, 0.2) is 0 Å². The zero-order valence-electron chi connectivity index (χ0n) is 10.5. The minimum absolute atomic E-state index is 0.495. The van der Waals surface area contributed by atoms with E-state index >= 15 is 0 Å². The van der Waals surface area contributed by atoms with Crippen molar-refractivity contribution in [2.75, 3.05) is 0 Å². The molecular weight excluding hydrogens is 226 g/mol. The van der Waals surface area contributed by atoms with Crippen molar-refractivity contribution in [1.29, 1.82) is 0 Å². The van der Waals surface area contributed by atoms with Crippen LogP contribution in [0.5, 0.6) is 0 Å². The van der Waals surface area contributed by atoms with Gasteiger partial charge in [0.05, 0.1) is 0 Å². The minimum atomic E-state index is 0.495. The van der Waals surface area contributed by atoms with Gasteiger partial charge in [-0.25, -0.2) is 0 Å². The first-order chi connectivity index (χ1) is 8.76. The molecule has 0 spiro atoms. The predicted octanol–water partition coefficient (Wildman–Crippen LogP) is 3.23. The van der Waals surface area contributed by atoms with Crippen molar-refractivity contribution >= 4 is 18.1 Å². The third kappa shape index (κ3) is 2.32. The number of hydrogen-bond donors (Lipinski definition) is 2. The first-order valence-corrected chi connectivity index (χ1v) is 5.82. The molecule has 4 nitrogen and oxygen atoms in total. The second kappa shape index (κ2) is 5.31. The summed E-state index contributed by atoms with van der Waals surface area (Å²) in [5, 5.41) is 9.76. The summed E-state index contributed by atoms with van der Waals surface area (Å²) in [6.45, 7) is 3.67. The van der Waals surface area contributed by atoms with Gasteiger partial charge < -0.3 is 10.2 Å². The van der Waals surface area contributed by atoms with Crippen LogP contribution in [0.25, 0.3) is 17.5 Å². The summed E-state index contributed by atoms with van der Waals surface area (Å²) >= 11 is 0. The van der Waals surface area contributed by atoms with E-state index in [2.05, 4.69) is 9.97 Å². The molecule has 2 aromatic rings. The maximum absolute atomic E-state index is 9.76. The van der Waals surface area contributed by atoms with Gasteiger partial charge in [-0.1, -0.05) is 29.0 Å². The molecular formula is C14H16N3O+. The van der Waals surface area contributed by atoms with Crippen LogP contribution in [0.4, 0.5) is 5.82 Å². The number of aromatic nitrogens is 2. The van der Waals surface area contributed by atoms with Gasteiger partial charge in [-0.2, -0.15) is 0 Å². The van der Waals surface area contributed by atoms with E-state index in [1.165, 1.54) is 0 Å². The van der Waals surface area contributed by atoms with E-state index in [0.717, 1.165) is 21.8 Å². The van der Waals surface area contributed by atoms with Gasteiger partial charge in [0, 0.05) is 5.56 Å². The second-order valence-corrected chi connectivity index (χ2v) is 3.79. The zero-order chi connectivity index (χ0) is 13.0. The fourth-order valence-corrected chi connectivity index (χ4v) is 1.69. The van der Waals surface area contributed by atoms with Gasteiger partial charge in [0.2, 0.25) is 0 Å². The molecule has 4 heteroatoms. The van der Waals surface area contributed by atoms with E-state index in [1.54, 1.807) is 13.1 Å². The molecule has 0 fully saturated rings. The molecule has 0 aliphatic rings. The van der Waals surface area contributed by atoms with Gasteiger partial charge in [0.25, 0.3) is 5.82 Å². The quantitative estimate of drug-likeness (QED) is 0.376. The Balaban J connectivity index is 2.53. The number of aromatic amines is 1. The van der Waals surface area contributed by atoms with Gasteiger partial charge in [0.1, 0.15) is 11.9 Å². The van der Waals surface area contributed by atoms with Gasteiger partial charge >= 0.3 is 5.82 Å². The molecule has 2 rings (SSSR count). The summed E-state index contributed by atoms with van der Waals surface area (Å²) in [5.74, 6) is 1.23. The Bertz CT molecular complexity index is 582. The van der Waals surface area contributed by atoms with E-state index in [4.69, 9.17) is 0 Å². The number of nitrogens with zero attached hydrogens (tertiary/aromatic N) is 2. The Morgan fingerprint density at radius 1 is 1.22 bits per heavy atom. The Labute approximate surface area is 106 Å². The van der Waals surface area contributed by atoms with Gasteiger partial charge in [-0.3, -0.25) is 0 Å². The molecule has 0 atom stereocenters. The summed E-state index contributed by atoms with van der Waals surface area (Å²) < 4.78 is 1.01. The molecule has 2 N–H and O–H groups in total. The van der Waals surface area contributed by atoms with Crippen molar-refractivity contribution in [3.8, 4) is 11.4 Å². The van der Waals surface area contributed by atoms with Crippen LogP contribution in [0.1, 0.15) is 19.5 Å². The Kier molecular flexibility index (Phi) is 3.57. The van der Waals surface area contributed by atoms with E-state index in [0.29, 0.717) is 5.82 Å². The number of H-pyrrole nitrogens is 1. The van der Waals surface area contributed by atoms with Gasteiger partial charge in [-0.15, -0.1) is 0 Å². The largest absolute Gasteiger partial charge is 0.387 e. The molecule has 0 aliphatic carbocycles. The summed E-state index contributed by atoms with van der Waals surface area (Å²) in [5.41, 5.74) is 1.76. The van der Waals surface area contributed by atoms with E-state index in [1.807, 2.05) is 49.4 Å². The first kappa shape index (κ1) is 12.1. The molecule has 0 amide bonds. The van der Waals surface area contributed by atoms with E-state index in [9.17, 15) is 5.21 Å². The molecule has 1 heterocycles. The molecule has 0 saturated carbocycles. The minimum Gasteiger partial charge on any atom is -0.350 e. The SMILES string of the molecule is C/C=C\c1[nH]c(-c2ccccc2)nc1/[N+](O)=C\C. The Hall–Kier alpha value is -2.36. The van der Waals surface area contributed by atoms with Crippen molar-refractivity contribution in [2.24, 2.45) is 0 Å². The molecule has 0 saturated heterocycles. The summed E-state index contributed by atoms with van der Waals surface area (Å²) in [7, 11) is 0. The number of nitrogens with one attached hydrogen (secondary N) is 1. The highest BCUT2D eigenvalue weighted by Gasteiger charge is 2.21. The van der Waals surface area contributed by atoms with Crippen LogP contribution in [0, 0.1) is 0 Å². The molecule has 92 valence electrons. The van der Waals surface area contributed by atoms with Crippen molar-refractivity contribution in [2.45, 2.75) is 13.8 Å². The standard InChI is InChI=1S/C14H16N3O/c1-3-8-12-14(17(18)4-2)16-13(15-12)11-9-6-5-7-10-11/h3-10,18H,1-2H3,(H,15,16)/q+1/b8-3-,17-4+. The second-order valence-electron chi connectivity index (χ2n) is 3.79. The Morgan fingerprint density at radius 2 is 1.94 bits per heavy atom. The topological polar surface area (TPSA) is 51.9 Å². The maximum atomic E-state index is 9.76. The lowest BCUT2D eigenvalue weighted by atomic mass is 10.2. The molecule has 18 heavy (non-hydrogen) atoms. The lowest BCUT2D eigenvalue weighted by Gasteiger charge is -1.89. The lowest BCUT2D eigenvalue weighted by molar-refractivity contribution is -0.712. The van der Waals surface area contributed by atoms with Crippen molar-refractivity contribution < 1.29 is 9.95 Å². The molecule has 0 radical (unpaired) electrons. The molecule has 1 aromatic carbocycles. The normalized spacial score (nSPS) is 12.2. The van der Waals surface area contributed by atoms with Crippen LogP contribution in [-0.4, -0.2) is 26.1 Å². The van der Waals surface area contributed by atoms with Gasteiger partial charge in [-0.05, 0) is 37.0 Å². The van der Waals surface area contributed by atoms with Crippen LogP contribution in [-0.2, 0) is 0 Å². The van der Waals surface area contributed by atoms with Crippen molar-refractivity contribution in [3.05, 3.63) is 42.1 Å². The molecule has 1 aromatic heterocycles. The number of allylic oxidation sites excluding steroid dienone is 1. The molecule has 0 unspecified atom stereocenters. The van der Waals surface area contributed by atoms with Crippen LogP contribution in [0.15, 0.2) is 36.4 Å². The number of benzene rings is 1. The van der Waals surface area contributed by atoms with E-state index < -0.39 is 0 Å². The summed E-state index contributed by atoms with van der Waals surface area (Å²) in [6, 6.07) is 9.81. The summed E-state index contributed by atoms with van der Waals surface area (Å²) in [6.07, 6.45) is 5.33. The highest BCUT2D eigenvalue weighted by Crippen LogP contribution is 2.23. The van der Waals surface area contributed by atoms with Crippen LogP contribution >= 0.6 is 0 Å². The Morgan fingerprint density at radius 3 is 2.56 bits per heavy atom. The third-order valence-corrected chi connectivity index (χ3v) is 2.55. The number of imidazole rings is 1. The van der Waals surface area contributed by atoms with Crippen molar-refractivity contribution in [1.82, 2.24) is 9.97 Å². The predicted molar refractivity (Wildman–Crippen MR) is 72.2 cm³/mol. The third-order valence-electron chi connectivity index (χ3n) is 2.55. The molecule has 0 aliphatic heterocycles. The van der Waals surface area contributed by atoms with E-state index in [-0.39, 0.29) is 0 Å². The highest BCUT2D eigenvalue weighted by molar-refractivity contribution is 5.64. The smallest absolute Gasteiger partial charge is 0.350 e. The zero-order valence-corrected chi connectivity index (χ0v) is 10.5. The van der Waals surface area contributed by atoms with Crippen LogP contribution in [0.2, 0.25) is 0 Å². The maximum Gasteiger partial charge on any atom is 0.387 e. The average Bonchev–Trinajstić information content (AvgIpc) is 2.83. The highest BCUT2D eigenvalue weighted by atomic mass is 16.5. The average molecular weight is 242 g/mol. The van der Waals surface area contributed by atoms with Crippen LogP contribution < -0.4 is 0 Å². The fourth-order valence-electron chi connectivity index (χ4n) is 1.69. The lowest BCUT2D eigenvalue weighted by Crippen LogP contribution is -2.00. The summed E-state index contributed by atoms with van der Waals surface area (Å²) in [4.78, 5) is 7.60.